The van der Waals surface area contributed by atoms with Crippen LogP contribution in [-0.4, -0.2) is 14.5 Å². The molecule has 0 aliphatic heterocycles. The van der Waals surface area contributed by atoms with Crippen molar-refractivity contribution in [3.8, 4) is 10.6 Å². The van der Waals surface area contributed by atoms with Gasteiger partial charge in [0.25, 0.3) is 5.56 Å². The molecule has 126 valence electrons. The molecule has 25 heavy (non-hydrogen) atoms. The zero-order valence-electron chi connectivity index (χ0n) is 13.0. The van der Waals surface area contributed by atoms with E-state index in [1.807, 2.05) is 11.4 Å². The molecule has 0 aromatic carbocycles. The zero-order chi connectivity index (χ0) is 17.2. The van der Waals surface area contributed by atoms with Crippen LogP contribution in [0.4, 0.5) is 0 Å². The number of nitrogens with zero attached hydrogens (tertiary/aromatic N) is 3. The minimum absolute atomic E-state index is 0.00844. The van der Waals surface area contributed by atoms with Crippen molar-refractivity contribution in [2.45, 2.75) is 17.5 Å². The number of aromatic nitrogens is 3. The van der Waals surface area contributed by atoms with Crippen molar-refractivity contribution in [3.05, 3.63) is 62.4 Å². The van der Waals surface area contributed by atoms with Gasteiger partial charge in [-0.3, -0.25) is 9.36 Å². The maximum atomic E-state index is 12.6. The molecule has 0 amide bonds. The van der Waals surface area contributed by atoms with Gasteiger partial charge in [-0.25, -0.2) is 9.97 Å². The van der Waals surface area contributed by atoms with Crippen molar-refractivity contribution in [1.82, 2.24) is 14.5 Å². The predicted molar refractivity (Wildman–Crippen MR) is 109 cm³/mol. The fourth-order valence-electron chi connectivity index (χ4n) is 2.36. The summed E-state index contributed by atoms with van der Waals surface area (Å²) in [6.45, 7) is 4.21. The van der Waals surface area contributed by atoms with Crippen LogP contribution >= 0.6 is 45.8 Å². The van der Waals surface area contributed by atoms with E-state index >= 15 is 0 Å². The second-order valence-electron chi connectivity index (χ2n) is 5.18. The third kappa shape index (κ3) is 3.35. The summed E-state index contributed by atoms with van der Waals surface area (Å²) in [6.07, 6.45) is 1.73. The first-order chi connectivity index (χ1) is 12.3. The van der Waals surface area contributed by atoms with Crippen LogP contribution in [0.1, 0.15) is 5.69 Å². The SMILES string of the molecule is C=CCn1c(SCc2csc(-c3ccsc3)n2)nc2sccc2c1=O. The summed E-state index contributed by atoms with van der Waals surface area (Å²) in [7, 11) is 0. The number of rotatable bonds is 6. The van der Waals surface area contributed by atoms with Gasteiger partial charge in [0.1, 0.15) is 9.84 Å². The molecule has 0 unspecified atom stereocenters. The lowest BCUT2D eigenvalue weighted by atomic mass is 10.4. The Kier molecular flexibility index (Phi) is 4.85. The molecule has 0 spiro atoms. The Morgan fingerprint density at radius 3 is 2.92 bits per heavy atom. The third-order valence-corrected chi connectivity index (χ3v) is 6.97. The number of allylic oxidation sites excluding steroid dienone is 1. The van der Waals surface area contributed by atoms with Crippen LogP contribution in [0.3, 0.4) is 0 Å². The molecule has 0 bridgehead atoms. The lowest BCUT2D eigenvalue weighted by molar-refractivity contribution is 0.672. The van der Waals surface area contributed by atoms with Gasteiger partial charge in [-0.1, -0.05) is 17.8 Å². The molecule has 0 N–H and O–H groups in total. The zero-order valence-corrected chi connectivity index (χ0v) is 16.3. The summed E-state index contributed by atoms with van der Waals surface area (Å²) < 4.78 is 1.68. The monoisotopic (exact) mass is 403 g/mol. The molecule has 8 heteroatoms. The number of hydrogen-bond acceptors (Lipinski definition) is 7. The van der Waals surface area contributed by atoms with Crippen molar-refractivity contribution in [2.75, 3.05) is 0 Å². The van der Waals surface area contributed by atoms with E-state index in [-0.39, 0.29) is 5.56 Å². The number of thiazole rings is 1. The van der Waals surface area contributed by atoms with Gasteiger partial charge in [0.15, 0.2) is 5.16 Å². The highest BCUT2D eigenvalue weighted by Crippen LogP contribution is 2.29. The molecule has 4 rings (SSSR count). The fraction of sp³-hybridized carbons (Fsp3) is 0.118. The highest BCUT2D eigenvalue weighted by Gasteiger charge is 2.13. The first-order valence-corrected chi connectivity index (χ1v) is 11.1. The predicted octanol–water partition coefficient (Wildman–Crippen LogP) is 5.12. The second-order valence-corrected chi connectivity index (χ2v) is 8.66. The summed E-state index contributed by atoms with van der Waals surface area (Å²) in [6, 6.07) is 3.91. The van der Waals surface area contributed by atoms with Crippen LogP contribution in [0.15, 0.2) is 56.3 Å². The van der Waals surface area contributed by atoms with E-state index in [9.17, 15) is 4.79 Å². The van der Waals surface area contributed by atoms with Gasteiger partial charge in [-0.15, -0.1) is 29.3 Å². The molecule has 0 saturated carbocycles. The molecule has 0 radical (unpaired) electrons. The molecule has 0 fully saturated rings. The molecule has 4 aromatic heterocycles. The number of thioether (sulfide) groups is 1. The summed E-state index contributed by atoms with van der Waals surface area (Å²) in [4.78, 5) is 22.8. The van der Waals surface area contributed by atoms with E-state index in [2.05, 4.69) is 38.8 Å². The van der Waals surface area contributed by atoms with E-state index in [4.69, 9.17) is 0 Å². The molecule has 4 heterocycles. The maximum absolute atomic E-state index is 12.6. The van der Waals surface area contributed by atoms with Crippen LogP contribution in [0.2, 0.25) is 0 Å². The third-order valence-electron chi connectivity index (χ3n) is 3.53. The Hall–Kier alpha value is -1.74. The summed E-state index contributed by atoms with van der Waals surface area (Å²) in [5, 5.41) is 10.5. The van der Waals surface area contributed by atoms with Gasteiger partial charge in [0, 0.05) is 28.6 Å². The molecular weight excluding hydrogens is 390 g/mol. The Balaban J connectivity index is 1.61. The Morgan fingerprint density at radius 1 is 1.20 bits per heavy atom. The first kappa shape index (κ1) is 16.7. The van der Waals surface area contributed by atoms with Crippen LogP contribution in [0.25, 0.3) is 20.8 Å². The van der Waals surface area contributed by atoms with Crippen molar-refractivity contribution >= 4 is 56.0 Å². The van der Waals surface area contributed by atoms with Crippen molar-refractivity contribution in [1.29, 1.82) is 0 Å². The number of thiophene rings is 2. The fourth-order valence-corrected chi connectivity index (χ4v) is 5.70. The van der Waals surface area contributed by atoms with E-state index < -0.39 is 0 Å². The lowest BCUT2D eigenvalue weighted by Gasteiger charge is -2.09. The Bertz CT molecular complexity index is 1080. The number of fused-ring (bicyclic) bond motifs is 1. The highest BCUT2D eigenvalue weighted by molar-refractivity contribution is 7.98. The van der Waals surface area contributed by atoms with Gasteiger partial charge < -0.3 is 0 Å². The molecule has 0 aliphatic rings. The largest absolute Gasteiger partial charge is 0.283 e. The van der Waals surface area contributed by atoms with Crippen LogP contribution in [-0.2, 0) is 12.3 Å². The van der Waals surface area contributed by atoms with Crippen LogP contribution in [0.5, 0.6) is 0 Å². The Labute approximate surface area is 160 Å². The highest BCUT2D eigenvalue weighted by atomic mass is 32.2. The molecule has 4 nitrogen and oxygen atoms in total. The second kappa shape index (κ2) is 7.25. The molecule has 0 aliphatic carbocycles. The minimum atomic E-state index is -0.00844. The van der Waals surface area contributed by atoms with E-state index in [1.165, 1.54) is 11.3 Å². The van der Waals surface area contributed by atoms with Gasteiger partial charge in [0.2, 0.25) is 0 Å². The van der Waals surface area contributed by atoms with E-state index in [0.717, 1.165) is 21.1 Å². The molecule has 0 atom stereocenters. The normalized spacial score (nSPS) is 11.2. The van der Waals surface area contributed by atoms with E-state index in [1.54, 1.807) is 45.1 Å². The smallest absolute Gasteiger partial charge is 0.263 e. The summed E-state index contributed by atoms with van der Waals surface area (Å²) in [5.41, 5.74) is 2.15. The lowest BCUT2D eigenvalue weighted by Crippen LogP contribution is -2.22. The Morgan fingerprint density at radius 2 is 2.12 bits per heavy atom. The molecular formula is C17H13N3OS4. The van der Waals surface area contributed by atoms with Crippen molar-refractivity contribution < 1.29 is 0 Å². The average Bonchev–Trinajstić information content (AvgIpc) is 3.36. The molecule has 0 saturated heterocycles. The van der Waals surface area contributed by atoms with Crippen molar-refractivity contribution in [2.24, 2.45) is 0 Å². The maximum Gasteiger partial charge on any atom is 0.263 e. The van der Waals surface area contributed by atoms with Gasteiger partial charge in [-0.2, -0.15) is 11.3 Å². The van der Waals surface area contributed by atoms with E-state index in [0.29, 0.717) is 22.8 Å². The van der Waals surface area contributed by atoms with Gasteiger partial charge in [-0.05, 0) is 22.9 Å². The van der Waals surface area contributed by atoms with Crippen LogP contribution in [0, 0.1) is 0 Å². The molecule has 4 aromatic rings. The van der Waals surface area contributed by atoms with Gasteiger partial charge in [0.05, 0.1) is 11.1 Å². The standard InChI is InChI=1S/C17H13N3OS4/c1-2-5-20-16(21)13-4-7-23-15(13)19-17(20)25-10-12-9-24-14(18-12)11-3-6-22-8-11/h2-4,6-9H,1,5,10H2. The van der Waals surface area contributed by atoms with Gasteiger partial charge >= 0.3 is 0 Å². The summed E-state index contributed by atoms with van der Waals surface area (Å²) in [5.74, 6) is 0.682. The topological polar surface area (TPSA) is 47.8 Å². The average molecular weight is 404 g/mol. The van der Waals surface area contributed by atoms with Crippen LogP contribution < -0.4 is 5.56 Å². The minimum Gasteiger partial charge on any atom is -0.283 e. The summed E-state index contributed by atoms with van der Waals surface area (Å²) >= 11 is 6.34. The quantitative estimate of drug-likeness (QED) is 0.255. The number of hydrogen-bond donors (Lipinski definition) is 0. The first-order valence-electron chi connectivity index (χ1n) is 7.45. The van der Waals surface area contributed by atoms with Crippen molar-refractivity contribution in [3.63, 3.8) is 0 Å².